The Morgan fingerprint density at radius 2 is 1.94 bits per heavy atom. The molecular weight excluding hydrogens is 228 g/mol. The lowest BCUT2D eigenvalue weighted by Crippen LogP contribution is -2.02. The Kier molecular flexibility index (Phi) is 8.79. The first-order valence-corrected chi connectivity index (χ1v) is 6.23. The summed E-state index contributed by atoms with van der Waals surface area (Å²) in [6.45, 7) is 12.8. The molecule has 17 heavy (non-hydrogen) atoms. The lowest BCUT2D eigenvalue weighted by molar-refractivity contribution is -0.112. The molecule has 0 aromatic rings. The van der Waals surface area contributed by atoms with Crippen LogP contribution >= 0.6 is 11.8 Å². The van der Waals surface area contributed by atoms with E-state index < -0.39 is 0 Å². The van der Waals surface area contributed by atoms with Crippen LogP contribution in [0, 0.1) is 0 Å². The van der Waals surface area contributed by atoms with E-state index in [2.05, 4.69) is 19.7 Å². The Labute approximate surface area is 108 Å². The van der Waals surface area contributed by atoms with E-state index in [4.69, 9.17) is 0 Å². The van der Waals surface area contributed by atoms with E-state index in [0.29, 0.717) is 11.3 Å². The fourth-order valence-electron chi connectivity index (χ4n) is 0.951. The number of ketones is 1. The summed E-state index contributed by atoms with van der Waals surface area (Å²) in [6, 6.07) is 0. The van der Waals surface area contributed by atoms with Crippen molar-refractivity contribution in [1.82, 2.24) is 0 Å². The SMILES string of the molecule is C=C/C=C\C(=C)C(=O)CSC(/C=C\C)=C/C=C. The van der Waals surface area contributed by atoms with Crippen molar-refractivity contribution in [3.8, 4) is 0 Å². The van der Waals surface area contributed by atoms with E-state index in [-0.39, 0.29) is 5.78 Å². The van der Waals surface area contributed by atoms with Gasteiger partial charge in [-0.1, -0.05) is 56.2 Å². The summed E-state index contributed by atoms with van der Waals surface area (Å²) in [5, 5.41) is 0. The Hall–Kier alpha value is -1.54. The van der Waals surface area contributed by atoms with Gasteiger partial charge in [0.25, 0.3) is 0 Å². The molecule has 90 valence electrons. The zero-order chi connectivity index (χ0) is 13.1. The summed E-state index contributed by atoms with van der Waals surface area (Å²) in [5.41, 5.74) is 0.496. The standard InChI is InChI=1S/C15H18OS/c1-5-8-11-13(4)15(16)12-17-14(9-6-2)10-7-3/h5-11H,1-2,4,12H2,3H3/b10-7-,11-8-,14-9+. The molecule has 0 aliphatic carbocycles. The third kappa shape index (κ3) is 7.36. The van der Waals surface area contributed by atoms with Crippen molar-refractivity contribution in [2.24, 2.45) is 0 Å². The molecule has 0 unspecified atom stereocenters. The molecule has 0 radical (unpaired) electrons. The second kappa shape index (κ2) is 9.67. The normalized spacial score (nSPS) is 11.9. The molecule has 0 rings (SSSR count). The van der Waals surface area contributed by atoms with E-state index in [9.17, 15) is 4.79 Å². The zero-order valence-corrected chi connectivity index (χ0v) is 11.0. The van der Waals surface area contributed by atoms with Crippen LogP contribution in [0.15, 0.2) is 72.7 Å². The Bertz CT molecular complexity index is 384. The highest BCUT2D eigenvalue weighted by Gasteiger charge is 2.04. The summed E-state index contributed by atoms with van der Waals surface area (Å²) >= 11 is 1.47. The van der Waals surface area contributed by atoms with Gasteiger partial charge in [-0.25, -0.2) is 0 Å². The van der Waals surface area contributed by atoms with Crippen LogP contribution in [0.2, 0.25) is 0 Å². The van der Waals surface area contributed by atoms with Gasteiger partial charge in [0.15, 0.2) is 5.78 Å². The van der Waals surface area contributed by atoms with Gasteiger partial charge in [0.2, 0.25) is 0 Å². The zero-order valence-electron chi connectivity index (χ0n) is 10.2. The highest BCUT2D eigenvalue weighted by molar-refractivity contribution is 8.03. The van der Waals surface area contributed by atoms with Gasteiger partial charge in [-0.2, -0.15) is 0 Å². The van der Waals surface area contributed by atoms with Crippen molar-refractivity contribution in [1.29, 1.82) is 0 Å². The molecule has 0 bridgehead atoms. The van der Waals surface area contributed by atoms with Crippen molar-refractivity contribution in [2.75, 3.05) is 5.75 Å². The maximum Gasteiger partial charge on any atom is 0.172 e. The summed E-state index contributed by atoms with van der Waals surface area (Å²) < 4.78 is 0. The summed E-state index contributed by atoms with van der Waals surface area (Å²) in [7, 11) is 0. The van der Waals surface area contributed by atoms with Gasteiger partial charge in [-0.05, 0) is 13.0 Å². The van der Waals surface area contributed by atoms with Gasteiger partial charge >= 0.3 is 0 Å². The lowest BCUT2D eigenvalue weighted by atomic mass is 10.2. The van der Waals surface area contributed by atoms with Gasteiger partial charge in [-0.3, -0.25) is 4.79 Å². The number of hydrogen-bond donors (Lipinski definition) is 0. The van der Waals surface area contributed by atoms with Crippen molar-refractivity contribution in [2.45, 2.75) is 6.92 Å². The van der Waals surface area contributed by atoms with Gasteiger partial charge in [-0.15, -0.1) is 11.8 Å². The molecule has 0 aliphatic rings. The molecule has 0 aliphatic heterocycles. The molecule has 0 amide bonds. The van der Waals surface area contributed by atoms with Crippen molar-refractivity contribution < 1.29 is 4.79 Å². The average Bonchev–Trinajstić information content (AvgIpc) is 2.33. The van der Waals surface area contributed by atoms with Crippen LogP contribution in [0.25, 0.3) is 0 Å². The molecule has 0 heterocycles. The lowest BCUT2D eigenvalue weighted by Gasteiger charge is -2.01. The van der Waals surface area contributed by atoms with E-state index in [1.165, 1.54) is 11.8 Å². The smallest absolute Gasteiger partial charge is 0.172 e. The van der Waals surface area contributed by atoms with Crippen molar-refractivity contribution >= 4 is 17.5 Å². The maximum atomic E-state index is 11.7. The Morgan fingerprint density at radius 1 is 1.24 bits per heavy atom. The van der Waals surface area contributed by atoms with Crippen LogP contribution in [0.1, 0.15) is 6.92 Å². The van der Waals surface area contributed by atoms with E-state index in [1.54, 1.807) is 24.3 Å². The quantitative estimate of drug-likeness (QED) is 0.471. The van der Waals surface area contributed by atoms with E-state index in [1.807, 2.05) is 25.2 Å². The molecule has 0 atom stereocenters. The predicted molar refractivity (Wildman–Crippen MR) is 79.0 cm³/mol. The van der Waals surface area contributed by atoms with Crippen LogP contribution in [-0.2, 0) is 4.79 Å². The minimum absolute atomic E-state index is 0.0209. The topological polar surface area (TPSA) is 17.1 Å². The van der Waals surface area contributed by atoms with Crippen molar-refractivity contribution in [3.05, 3.63) is 72.7 Å². The average molecular weight is 246 g/mol. The van der Waals surface area contributed by atoms with Gasteiger partial charge in [0, 0.05) is 10.5 Å². The minimum Gasteiger partial charge on any atom is -0.293 e. The molecule has 0 saturated heterocycles. The van der Waals surface area contributed by atoms with Crippen LogP contribution in [0.3, 0.4) is 0 Å². The summed E-state index contributed by atoms with van der Waals surface area (Å²) in [4.78, 5) is 12.7. The predicted octanol–water partition coefficient (Wildman–Crippen LogP) is 4.23. The molecule has 0 fully saturated rings. The minimum atomic E-state index is 0.0209. The first-order valence-electron chi connectivity index (χ1n) is 5.25. The first-order chi connectivity index (χ1) is 8.15. The van der Waals surface area contributed by atoms with Crippen molar-refractivity contribution in [3.63, 3.8) is 0 Å². The highest BCUT2D eigenvalue weighted by atomic mass is 32.2. The second-order valence-corrected chi connectivity index (χ2v) is 4.19. The number of rotatable bonds is 8. The van der Waals surface area contributed by atoms with Gasteiger partial charge in [0.1, 0.15) is 0 Å². The van der Waals surface area contributed by atoms with Crippen LogP contribution in [0.5, 0.6) is 0 Å². The molecule has 0 N–H and O–H groups in total. The fraction of sp³-hybridized carbons (Fsp3) is 0.133. The van der Waals surface area contributed by atoms with Crippen LogP contribution < -0.4 is 0 Å². The van der Waals surface area contributed by atoms with Crippen LogP contribution in [0.4, 0.5) is 0 Å². The number of allylic oxidation sites excluding steroid dienone is 8. The largest absolute Gasteiger partial charge is 0.293 e. The fourth-order valence-corrected chi connectivity index (χ4v) is 1.86. The second-order valence-electron chi connectivity index (χ2n) is 3.14. The summed E-state index contributed by atoms with van der Waals surface area (Å²) in [6.07, 6.45) is 12.5. The number of carbonyl (C=O) groups is 1. The maximum absolute atomic E-state index is 11.7. The number of hydrogen-bond acceptors (Lipinski definition) is 2. The van der Waals surface area contributed by atoms with E-state index in [0.717, 1.165) is 4.91 Å². The third-order valence-corrected chi connectivity index (χ3v) is 2.79. The van der Waals surface area contributed by atoms with Crippen LogP contribution in [-0.4, -0.2) is 11.5 Å². The highest BCUT2D eigenvalue weighted by Crippen LogP contribution is 2.18. The molecule has 0 saturated carbocycles. The molecular formula is C15H18OS. The molecule has 0 aromatic carbocycles. The molecule has 1 nitrogen and oxygen atoms in total. The Morgan fingerprint density at radius 3 is 2.47 bits per heavy atom. The molecule has 2 heteroatoms. The summed E-state index contributed by atoms with van der Waals surface area (Å²) in [5.74, 6) is 0.400. The molecule has 0 aromatic heterocycles. The monoisotopic (exact) mass is 246 g/mol. The Balaban J connectivity index is 4.35. The van der Waals surface area contributed by atoms with E-state index >= 15 is 0 Å². The molecule has 0 spiro atoms. The van der Waals surface area contributed by atoms with Gasteiger partial charge in [0.05, 0.1) is 5.75 Å². The first kappa shape index (κ1) is 15.5. The third-order valence-electron chi connectivity index (χ3n) is 1.77. The van der Waals surface area contributed by atoms with Gasteiger partial charge < -0.3 is 0 Å². The number of carbonyl (C=O) groups excluding carboxylic acids is 1. The number of Topliss-reactive ketones (excluding diaryl/α,β-unsaturated/α-hetero) is 1. The number of thioether (sulfide) groups is 1.